The number of benzene rings is 2. The highest BCUT2D eigenvalue weighted by atomic mass is 35.5. The summed E-state index contributed by atoms with van der Waals surface area (Å²) in [7, 11) is -3.85. The molecule has 1 N–H and O–H groups in total. The smallest absolute Gasteiger partial charge is 0.295 e. The molecule has 0 aliphatic carbocycles. The molecule has 1 heterocycles. The molecule has 9 nitrogen and oxygen atoms in total. The standard InChI is InChI=1S/C17H16Cl2N4O5S/c18-14-3-1-12(9-15(14)19)11-20-21-16-4-2-13(10-17(16)23(24)25)29(26,27)22-5-7-28-8-6-22/h1-4,9-11,21H,5-8H2/b20-11+. The van der Waals surface area contributed by atoms with Gasteiger partial charge in [-0.3, -0.25) is 15.5 Å². The van der Waals surface area contributed by atoms with Crippen LogP contribution in [0.1, 0.15) is 5.56 Å². The van der Waals surface area contributed by atoms with Crippen LogP contribution in [0.15, 0.2) is 46.4 Å². The van der Waals surface area contributed by atoms with Gasteiger partial charge in [0.25, 0.3) is 5.69 Å². The minimum absolute atomic E-state index is 0.0484. The van der Waals surface area contributed by atoms with Gasteiger partial charge < -0.3 is 4.74 Å². The van der Waals surface area contributed by atoms with Gasteiger partial charge in [-0.25, -0.2) is 8.42 Å². The first-order chi connectivity index (χ1) is 13.8. The third-order valence-electron chi connectivity index (χ3n) is 4.12. The molecular formula is C17H16Cl2N4O5S. The first-order valence-corrected chi connectivity index (χ1v) is 10.6. The fraction of sp³-hybridized carbons (Fsp3) is 0.235. The number of nitrogens with one attached hydrogen (secondary N) is 1. The zero-order valence-corrected chi connectivity index (χ0v) is 17.2. The van der Waals surface area contributed by atoms with Crippen molar-refractivity contribution < 1.29 is 18.1 Å². The van der Waals surface area contributed by atoms with Crippen molar-refractivity contribution in [3.8, 4) is 0 Å². The fourth-order valence-corrected chi connectivity index (χ4v) is 4.36. The number of nitro groups is 1. The lowest BCUT2D eigenvalue weighted by molar-refractivity contribution is -0.384. The Hall–Kier alpha value is -2.24. The van der Waals surface area contributed by atoms with Crippen LogP contribution in [-0.2, 0) is 14.8 Å². The molecule has 29 heavy (non-hydrogen) atoms. The number of hydrogen-bond donors (Lipinski definition) is 1. The SMILES string of the molecule is O=[N+]([O-])c1cc(S(=O)(=O)N2CCOCC2)ccc1N/N=C/c1ccc(Cl)c(Cl)c1. The molecule has 0 aromatic heterocycles. The summed E-state index contributed by atoms with van der Waals surface area (Å²) in [5.74, 6) is 0. The predicted octanol–water partition coefficient (Wildman–Crippen LogP) is 3.37. The summed E-state index contributed by atoms with van der Waals surface area (Å²) in [6.45, 7) is 0.961. The number of hydrogen-bond acceptors (Lipinski definition) is 7. The molecule has 0 radical (unpaired) electrons. The molecule has 0 saturated carbocycles. The Morgan fingerprint density at radius 1 is 1.14 bits per heavy atom. The number of nitro benzene ring substituents is 1. The van der Waals surface area contributed by atoms with Crippen LogP contribution >= 0.6 is 23.2 Å². The van der Waals surface area contributed by atoms with E-state index in [1.54, 1.807) is 18.2 Å². The lowest BCUT2D eigenvalue weighted by atomic mass is 10.2. The minimum atomic E-state index is -3.85. The second kappa shape index (κ2) is 9.06. The molecule has 1 aliphatic rings. The summed E-state index contributed by atoms with van der Waals surface area (Å²) in [5.41, 5.74) is 2.82. The normalized spacial score (nSPS) is 15.5. The Morgan fingerprint density at radius 3 is 2.52 bits per heavy atom. The summed E-state index contributed by atoms with van der Waals surface area (Å²) < 4.78 is 31.8. The van der Waals surface area contributed by atoms with Crippen molar-refractivity contribution in [2.45, 2.75) is 4.90 Å². The number of morpholine rings is 1. The molecule has 0 bridgehead atoms. The Morgan fingerprint density at radius 2 is 1.86 bits per heavy atom. The first-order valence-electron chi connectivity index (χ1n) is 8.39. The molecule has 0 spiro atoms. The van der Waals surface area contributed by atoms with Crippen molar-refractivity contribution in [3.05, 3.63) is 62.1 Å². The lowest BCUT2D eigenvalue weighted by Gasteiger charge is -2.26. The van der Waals surface area contributed by atoms with Crippen LogP contribution in [0.4, 0.5) is 11.4 Å². The van der Waals surface area contributed by atoms with Crippen LogP contribution in [-0.4, -0.2) is 50.2 Å². The van der Waals surface area contributed by atoms with Crippen molar-refractivity contribution in [2.75, 3.05) is 31.7 Å². The van der Waals surface area contributed by atoms with E-state index in [-0.39, 0.29) is 36.9 Å². The summed E-state index contributed by atoms with van der Waals surface area (Å²) in [5, 5.41) is 16.1. The summed E-state index contributed by atoms with van der Waals surface area (Å²) in [6, 6.07) is 8.47. The van der Waals surface area contributed by atoms with Crippen molar-refractivity contribution in [2.24, 2.45) is 5.10 Å². The second-order valence-electron chi connectivity index (χ2n) is 6.00. The molecule has 0 unspecified atom stereocenters. The maximum Gasteiger partial charge on any atom is 0.295 e. The van der Waals surface area contributed by atoms with Gasteiger partial charge in [-0.05, 0) is 29.8 Å². The Labute approximate surface area is 177 Å². The molecule has 1 fully saturated rings. The highest BCUT2D eigenvalue weighted by Gasteiger charge is 2.28. The number of nitrogens with zero attached hydrogens (tertiary/aromatic N) is 3. The van der Waals surface area contributed by atoms with E-state index >= 15 is 0 Å². The average Bonchev–Trinajstić information content (AvgIpc) is 2.71. The van der Waals surface area contributed by atoms with Crippen LogP contribution < -0.4 is 5.43 Å². The number of rotatable bonds is 6. The van der Waals surface area contributed by atoms with Gasteiger partial charge in [0, 0.05) is 19.2 Å². The molecule has 3 rings (SSSR count). The fourth-order valence-electron chi connectivity index (χ4n) is 2.62. The first kappa shape index (κ1) is 21.5. The molecule has 1 saturated heterocycles. The van der Waals surface area contributed by atoms with Crippen molar-refractivity contribution in [1.29, 1.82) is 0 Å². The molecule has 154 valence electrons. The summed E-state index contributed by atoms with van der Waals surface area (Å²) >= 11 is 11.8. The number of anilines is 1. The van der Waals surface area contributed by atoms with E-state index < -0.39 is 20.6 Å². The van der Waals surface area contributed by atoms with Gasteiger partial charge in [0.15, 0.2) is 0 Å². The van der Waals surface area contributed by atoms with E-state index in [0.29, 0.717) is 15.6 Å². The van der Waals surface area contributed by atoms with Gasteiger partial charge >= 0.3 is 0 Å². The van der Waals surface area contributed by atoms with Gasteiger partial charge in [0.2, 0.25) is 10.0 Å². The van der Waals surface area contributed by atoms with Gasteiger partial charge in [0.05, 0.1) is 39.3 Å². The molecule has 12 heteroatoms. The van der Waals surface area contributed by atoms with Gasteiger partial charge in [-0.1, -0.05) is 29.3 Å². The van der Waals surface area contributed by atoms with Gasteiger partial charge in [-0.15, -0.1) is 0 Å². The van der Waals surface area contributed by atoms with Crippen LogP contribution in [0.5, 0.6) is 0 Å². The number of hydrazone groups is 1. The monoisotopic (exact) mass is 458 g/mol. The molecule has 2 aromatic rings. The van der Waals surface area contributed by atoms with E-state index in [1.165, 1.54) is 22.7 Å². The van der Waals surface area contributed by atoms with Crippen molar-refractivity contribution >= 4 is 50.8 Å². The highest BCUT2D eigenvalue weighted by molar-refractivity contribution is 7.89. The second-order valence-corrected chi connectivity index (χ2v) is 8.75. The largest absolute Gasteiger partial charge is 0.379 e. The zero-order chi connectivity index (χ0) is 21.0. The van der Waals surface area contributed by atoms with Crippen molar-refractivity contribution in [1.82, 2.24) is 4.31 Å². The zero-order valence-electron chi connectivity index (χ0n) is 14.9. The Bertz CT molecular complexity index is 1060. The third kappa shape index (κ3) is 5.03. The maximum absolute atomic E-state index is 12.7. The molecule has 0 amide bonds. The van der Waals surface area contributed by atoms with Crippen molar-refractivity contribution in [3.63, 3.8) is 0 Å². The number of ether oxygens (including phenoxy) is 1. The molecule has 0 atom stereocenters. The van der Waals surface area contributed by atoms with Crippen LogP contribution in [0, 0.1) is 10.1 Å². The quantitative estimate of drug-likeness (QED) is 0.403. The van der Waals surface area contributed by atoms with E-state index in [4.69, 9.17) is 27.9 Å². The Kier molecular flexibility index (Phi) is 6.70. The van der Waals surface area contributed by atoms with E-state index in [9.17, 15) is 18.5 Å². The molecule has 1 aliphatic heterocycles. The van der Waals surface area contributed by atoms with Gasteiger partial charge in [-0.2, -0.15) is 9.41 Å². The summed E-state index contributed by atoms with van der Waals surface area (Å²) in [6.07, 6.45) is 1.41. The maximum atomic E-state index is 12.7. The van der Waals surface area contributed by atoms with Gasteiger partial charge in [0.1, 0.15) is 5.69 Å². The number of sulfonamides is 1. The topological polar surface area (TPSA) is 114 Å². The Balaban J connectivity index is 1.83. The molecular weight excluding hydrogens is 443 g/mol. The van der Waals surface area contributed by atoms with Crippen LogP contribution in [0.3, 0.4) is 0 Å². The van der Waals surface area contributed by atoms with Crippen LogP contribution in [0.25, 0.3) is 0 Å². The highest BCUT2D eigenvalue weighted by Crippen LogP contribution is 2.29. The van der Waals surface area contributed by atoms with Crippen LogP contribution in [0.2, 0.25) is 10.0 Å². The average molecular weight is 459 g/mol. The van der Waals surface area contributed by atoms with E-state index in [1.807, 2.05) is 0 Å². The van der Waals surface area contributed by atoms with E-state index in [2.05, 4.69) is 10.5 Å². The number of halogens is 2. The summed E-state index contributed by atoms with van der Waals surface area (Å²) in [4.78, 5) is 10.6. The van der Waals surface area contributed by atoms with E-state index in [0.717, 1.165) is 6.07 Å². The molecule has 2 aromatic carbocycles. The lowest BCUT2D eigenvalue weighted by Crippen LogP contribution is -2.40. The predicted molar refractivity (Wildman–Crippen MR) is 110 cm³/mol. The minimum Gasteiger partial charge on any atom is -0.379 e. The third-order valence-corrected chi connectivity index (χ3v) is 6.75.